The first kappa shape index (κ1) is 11.7. The average Bonchev–Trinajstić information content (AvgIpc) is 1.66. The first-order valence-corrected chi connectivity index (χ1v) is 2.99. The van der Waals surface area contributed by atoms with Crippen molar-refractivity contribution in [2.75, 3.05) is 0 Å². The van der Waals surface area contributed by atoms with Gasteiger partial charge in [-0.05, 0) is 6.42 Å². The van der Waals surface area contributed by atoms with E-state index in [2.05, 4.69) is 6.92 Å². The van der Waals surface area contributed by atoms with Crippen LogP contribution in [0.1, 0.15) is 32.6 Å². The van der Waals surface area contributed by atoms with E-state index in [-0.39, 0.29) is 16.5 Å². The molecule has 0 aliphatic heterocycles. The topological polar surface area (TPSA) is 37.3 Å². The molecule has 0 heterocycles. The number of aliphatic carboxylic acids is 1. The first-order chi connectivity index (χ1) is 3.77. The van der Waals surface area contributed by atoms with Gasteiger partial charge in [-0.3, -0.25) is 4.79 Å². The van der Waals surface area contributed by atoms with Crippen molar-refractivity contribution in [1.82, 2.24) is 0 Å². The molecular formula is C6H12NiO2. The van der Waals surface area contributed by atoms with Gasteiger partial charge in [0.1, 0.15) is 0 Å². The van der Waals surface area contributed by atoms with Crippen molar-refractivity contribution < 1.29 is 26.4 Å². The maximum Gasteiger partial charge on any atom is 0.303 e. The van der Waals surface area contributed by atoms with Crippen LogP contribution < -0.4 is 0 Å². The van der Waals surface area contributed by atoms with Gasteiger partial charge in [0.15, 0.2) is 0 Å². The minimum Gasteiger partial charge on any atom is -0.481 e. The summed E-state index contributed by atoms with van der Waals surface area (Å²) >= 11 is 0. The minimum absolute atomic E-state index is 0. The predicted octanol–water partition coefficient (Wildman–Crippen LogP) is 1.65. The van der Waals surface area contributed by atoms with E-state index in [1.807, 2.05) is 0 Å². The number of unbranched alkanes of at least 4 members (excludes halogenated alkanes) is 2. The number of hydrogen-bond acceptors (Lipinski definition) is 1. The van der Waals surface area contributed by atoms with Crippen LogP contribution in [0, 0.1) is 0 Å². The molecule has 0 unspecified atom stereocenters. The second kappa shape index (κ2) is 7.96. The summed E-state index contributed by atoms with van der Waals surface area (Å²) in [6.07, 6.45) is 3.28. The molecule has 0 radical (unpaired) electrons. The zero-order chi connectivity index (χ0) is 6.41. The van der Waals surface area contributed by atoms with Crippen molar-refractivity contribution in [2.24, 2.45) is 0 Å². The SMILES string of the molecule is CCCCCC(=O)O.[Ni]. The molecule has 1 N–H and O–H groups in total. The van der Waals surface area contributed by atoms with Crippen LogP contribution in [0.4, 0.5) is 0 Å². The third-order valence-corrected chi connectivity index (χ3v) is 0.994. The number of hydrogen-bond donors (Lipinski definition) is 1. The Morgan fingerprint density at radius 3 is 2.33 bits per heavy atom. The molecule has 0 rings (SSSR count). The van der Waals surface area contributed by atoms with Crippen LogP contribution in [0.15, 0.2) is 0 Å². The van der Waals surface area contributed by atoms with Gasteiger partial charge in [0.2, 0.25) is 0 Å². The first-order valence-electron chi connectivity index (χ1n) is 2.99. The summed E-state index contributed by atoms with van der Waals surface area (Å²) in [5, 5.41) is 8.14. The van der Waals surface area contributed by atoms with Gasteiger partial charge in [-0.15, -0.1) is 0 Å². The number of carboxylic acid groups (broad SMARTS) is 1. The van der Waals surface area contributed by atoms with Crippen LogP contribution in [-0.4, -0.2) is 11.1 Å². The monoisotopic (exact) mass is 174 g/mol. The van der Waals surface area contributed by atoms with Gasteiger partial charge in [0.05, 0.1) is 0 Å². The molecule has 9 heavy (non-hydrogen) atoms. The summed E-state index contributed by atoms with van der Waals surface area (Å²) in [7, 11) is 0. The third-order valence-electron chi connectivity index (χ3n) is 0.994. The van der Waals surface area contributed by atoms with Gasteiger partial charge in [0.25, 0.3) is 0 Å². The molecule has 0 amide bonds. The van der Waals surface area contributed by atoms with Gasteiger partial charge in [-0.25, -0.2) is 0 Å². The Labute approximate surface area is 65.6 Å². The van der Waals surface area contributed by atoms with E-state index < -0.39 is 5.97 Å². The van der Waals surface area contributed by atoms with E-state index in [1.54, 1.807) is 0 Å². The van der Waals surface area contributed by atoms with E-state index in [0.717, 1.165) is 19.3 Å². The molecule has 0 atom stereocenters. The third kappa shape index (κ3) is 11.5. The van der Waals surface area contributed by atoms with Crippen LogP contribution in [-0.2, 0) is 21.3 Å². The molecule has 0 saturated heterocycles. The summed E-state index contributed by atoms with van der Waals surface area (Å²) in [5.41, 5.74) is 0. The Morgan fingerprint density at radius 2 is 2.00 bits per heavy atom. The minimum atomic E-state index is -0.682. The summed E-state index contributed by atoms with van der Waals surface area (Å²) in [5.74, 6) is -0.682. The zero-order valence-corrected chi connectivity index (χ0v) is 6.49. The van der Waals surface area contributed by atoms with Crippen molar-refractivity contribution in [1.29, 1.82) is 0 Å². The Morgan fingerprint density at radius 1 is 1.44 bits per heavy atom. The fraction of sp³-hybridized carbons (Fsp3) is 0.833. The van der Waals surface area contributed by atoms with E-state index in [1.165, 1.54) is 0 Å². The standard InChI is InChI=1S/C6H12O2.Ni/c1-2-3-4-5-6(7)8;/h2-5H2,1H3,(H,7,8);. The van der Waals surface area contributed by atoms with E-state index in [0.29, 0.717) is 6.42 Å². The molecule has 0 aliphatic carbocycles. The van der Waals surface area contributed by atoms with Gasteiger partial charge in [0, 0.05) is 22.9 Å². The number of carboxylic acids is 1. The number of rotatable bonds is 4. The average molecular weight is 175 g/mol. The Hall–Kier alpha value is -0.0365. The van der Waals surface area contributed by atoms with Crippen LogP contribution in [0.3, 0.4) is 0 Å². The van der Waals surface area contributed by atoms with Gasteiger partial charge in [-0.1, -0.05) is 19.8 Å². The normalized spacial score (nSPS) is 8.11. The van der Waals surface area contributed by atoms with E-state index in [4.69, 9.17) is 5.11 Å². The van der Waals surface area contributed by atoms with Gasteiger partial charge >= 0.3 is 5.97 Å². The molecule has 0 bridgehead atoms. The van der Waals surface area contributed by atoms with Gasteiger partial charge in [-0.2, -0.15) is 0 Å². The molecule has 0 aromatic carbocycles. The predicted molar refractivity (Wildman–Crippen MR) is 31.8 cm³/mol. The largest absolute Gasteiger partial charge is 0.481 e. The van der Waals surface area contributed by atoms with Crippen molar-refractivity contribution >= 4 is 5.97 Å². The van der Waals surface area contributed by atoms with Crippen LogP contribution >= 0.6 is 0 Å². The Bertz CT molecular complexity index is 73.5. The second-order valence-electron chi connectivity index (χ2n) is 1.85. The fourth-order valence-corrected chi connectivity index (χ4v) is 0.526. The summed E-state index contributed by atoms with van der Waals surface area (Å²) in [6, 6.07) is 0. The molecule has 0 aromatic heterocycles. The molecule has 0 aliphatic rings. The van der Waals surface area contributed by atoms with Crippen LogP contribution in [0.25, 0.3) is 0 Å². The van der Waals surface area contributed by atoms with Crippen LogP contribution in [0.2, 0.25) is 0 Å². The van der Waals surface area contributed by atoms with E-state index in [9.17, 15) is 4.79 Å². The molecule has 0 aromatic rings. The smallest absolute Gasteiger partial charge is 0.303 e. The maximum absolute atomic E-state index is 9.87. The molecule has 0 fully saturated rings. The molecule has 3 heteroatoms. The van der Waals surface area contributed by atoms with Crippen LogP contribution in [0.5, 0.6) is 0 Å². The summed E-state index contributed by atoms with van der Waals surface area (Å²) < 4.78 is 0. The van der Waals surface area contributed by atoms with Gasteiger partial charge < -0.3 is 5.11 Å². The van der Waals surface area contributed by atoms with Crippen molar-refractivity contribution in [3.63, 3.8) is 0 Å². The zero-order valence-electron chi connectivity index (χ0n) is 5.50. The summed E-state index contributed by atoms with van der Waals surface area (Å²) in [4.78, 5) is 9.87. The second-order valence-corrected chi connectivity index (χ2v) is 1.85. The maximum atomic E-state index is 9.87. The summed E-state index contributed by atoms with van der Waals surface area (Å²) in [6.45, 7) is 2.06. The molecule has 2 nitrogen and oxygen atoms in total. The molecule has 0 spiro atoms. The van der Waals surface area contributed by atoms with Crippen molar-refractivity contribution in [3.8, 4) is 0 Å². The molecular weight excluding hydrogens is 163 g/mol. The molecule has 58 valence electrons. The number of carbonyl (C=O) groups is 1. The molecule has 0 saturated carbocycles. The van der Waals surface area contributed by atoms with Crippen molar-refractivity contribution in [2.45, 2.75) is 32.6 Å². The van der Waals surface area contributed by atoms with E-state index >= 15 is 0 Å². The Kier molecular flexibility index (Phi) is 10.4. The Balaban J connectivity index is 0. The van der Waals surface area contributed by atoms with Crippen molar-refractivity contribution in [3.05, 3.63) is 0 Å². The quantitative estimate of drug-likeness (QED) is 0.520. The fourth-order valence-electron chi connectivity index (χ4n) is 0.526.